The van der Waals surface area contributed by atoms with E-state index in [1.54, 1.807) is 6.07 Å². The molecule has 2 rings (SSSR count). The zero-order valence-corrected chi connectivity index (χ0v) is 14.8. The maximum absolute atomic E-state index is 13.4. The monoisotopic (exact) mass is 355 g/mol. The van der Waals surface area contributed by atoms with Crippen LogP contribution >= 0.6 is 15.9 Å². The van der Waals surface area contributed by atoms with Crippen molar-refractivity contribution in [2.45, 2.75) is 58.4 Å². The van der Waals surface area contributed by atoms with E-state index in [1.807, 2.05) is 12.1 Å². The first-order chi connectivity index (χ1) is 10.1. The quantitative estimate of drug-likeness (QED) is 0.727. The van der Waals surface area contributed by atoms with Gasteiger partial charge in [-0.1, -0.05) is 39.2 Å². The Morgan fingerprint density at radius 3 is 2.81 bits per heavy atom. The van der Waals surface area contributed by atoms with Gasteiger partial charge < -0.3 is 5.32 Å². The Morgan fingerprint density at radius 1 is 1.33 bits per heavy atom. The molecule has 0 aromatic heterocycles. The molecule has 1 N–H and O–H groups in total. The highest BCUT2D eigenvalue weighted by Crippen LogP contribution is 2.34. The molecular formula is C18H27BrFN. The van der Waals surface area contributed by atoms with Crippen molar-refractivity contribution >= 4 is 15.9 Å². The van der Waals surface area contributed by atoms with Crippen LogP contribution in [0.1, 0.15) is 51.5 Å². The van der Waals surface area contributed by atoms with Crippen LogP contribution in [0.2, 0.25) is 0 Å². The van der Waals surface area contributed by atoms with Crippen molar-refractivity contribution in [2.75, 3.05) is 6.54 Å². The summed E-state index contributed by atoms with van der Waals surface area (Å²) in [5.41, 5.74) is 1.22. The SMILES string of the molecule is CCNC(Cc1ccc(F)c(Br)c1)C1CCCC(CC)C1. The van der Waals surface area contributed by atoms with Gasteiger partial charge in [-0.15, -0.1) is 0 Å². The van der Waals surface area contributed by atoms with Gasteiger partial charge in [0.25, 0.3) is 0 Å². The van der Waals surface area contributed by atoms with E-state index in [-0.39, 0.29) is 5.82 Å². The first-order valence-corrected chi connectivity index (χ1v) is 9.10. The smallest absolute Gasteiger partial charge is 0.137 e. The van der Waals surface area contributed by atoms with Crippen LogP contribution in [0, 0.1) is 17.7 Å². The summed E-state index contributed by atoms with van der Waals surface area (Å²) in [4.78, 5) is 0. The fourth-order valence-electron chi connectivity index (χ4n) is 3.66. The van der Waals surface area contributed by atoms with Crippen molar-refractivity contribution in [3.05, 3.63) is 34.1 Å². The Labute approximate surface area is 136 Å². The van der Waals surface area contributed by atoms with E-state index in [0.29, 0.717) is 10.5 Å². The molecule has 21 heavy (non-hydrogen) atoms. The summed E-state index contributed by atoms with van der Waals surface area (Å²) in [7, 11) is 0. The summed E-state index contributed by atoms with van der Waals surface area (Å²) in [6.07, 6.45) is 7.73. The van der Waals surface area contributed by atoms with Crippen molar-refractivity contribution in [2.24, 2.45) is 11.8 Å². The molecule has 0 heterocycles. The topological polar surface area (TPSA) is 12.0 Å². The Morgan fingerprint density at radius 2 is 2.14 bits per heavy atom. The van der Waals surface area contributed by atoms with Crippen LogP contribution in [0.15, 0.2) is 22.7 Å². The molecule has 0 saturated heterocycles. The van der Waals surface area contributed by atoms with Gasteiger partial charge in [-0.25, -0.2) is 4.39 Å². The number of nitrogens with one attached hydrogen (secondary N) is 1. The largest absolute Gasteiger partial charge is 0.314 e. The third kappa shape index (κ3) is 4.79. The van der Waals surface area contributed by atoms with Crippen molar-refractivity contribution < 1.29 is 4.39 Å². The molecule has 1 aliphatic carbocycles. The lowest BCUT2D eigenvalue weighted by atomic mass is 9.75. The average molecular weight is 356 g/mol. The van der Waals surface area contributed by atoms with Crippen LogP contribution < -0.4 is 5.32 Å². The van der Waals surface area contributed by atoms with Crippen molar-refractivity contribution in [3.8, 4) is 0 Å². The van der Waals surface area contributed by atoms with E-state index in [4.69, 9.17) is 0 Å². The van der Waals surface area contributed by atoms with Crippen LogP contribution in [-0.4, -0.2) is 12.6 Å². The van der Waals surface area contributed by atoms with Gasteiger partial charge in [0.2, 0.25) is 0 Å². The molecule has 3 atom stereocenters. The lowest BCUT2D eigenvalue weighted by Crippen LogP contribution is -2.40. The minimum absolute atomic E-state index is 0.178. The van der Waals surface area contributed by atoms with E-state index in [1.165, 1.54) is 37.7 Å². The fraction of sp³-hybridized carbons (Fsp3) is 0.667. The van der Waals surface area contributed by atoms with Crippen LogP contribution in [-0.2, 0) is 6.42 Å². The lowest BCUT2D eigenvalue weighted by molar-refractivity contribution is 0.208. The van der Waals surface area contributed by atoms with E-state index < -0.39 is 0 Å². The molecule has 0 radical (unpaired) electrons. The molecule has 0 amide bonds. The number of halogens is 2. The molecule has 1 aliphatic rings. The van der Waals surface area contributed by atoms with Crippen molar-refractivity contribution in [3.63, 3.8) is 0 Å². The van der Waals surface area contributed by atoms with Crippen LogP contribution in [0.4, 0.5) is 4.39 Å². The second kappa shape index (κ2) is 8.28. The molecule has 1 nitrogen and oxygen atoms in total. The molecule has 1 aromatic carbocycles. The second-order valence-corrected chi connectivity index (χ2v) is 7.17. The molecule has 1 aromatic rings. The number of benzene rings is 1. The normalized spacial score (nSPS) is 24.0. The predicted molar refractivity (Wildman–Crippen MR) is 91.0 cm³/mol. The maximum Gasteiger partial charge on any atom is 0.137 e. The molecule has 3 heteroatoms. The van der Waals surface area contributed by atoms with Gasteiger partial charge in [0.05, 0.1) is 4.47 Å². The van der Waals surface area contributed by atoms with Gasteiger partial charge in [-0.05, 0) is 71.3 Å². The maximum atomic E-state index is 13.4. The number of hydrogen-bond acceptors (Lipinski definition) is 1. The molecule has 0 aliphatic heterocycles. The summed E-state index contributed by atoms with van der Waals surface area (Å²) in [5, 5.41) is 3.67. The highest BCUT2D eigenvalue weighted by atomic mass is 79.9. The van der Waals surface area contributed by atoms with Crippen molar-refractivity contribution in [1.29, 1.82) is 0 Å². The summed E-state index contributed by atoms with van der Waals surface area (Å²) in [6, 6.07) is 5.93. The van der Waals surface area contributed by atoms with Gasteiger partial charge >= 0.3 is 0 Å². The third-order valence-corrected chi connectivity index (χ3v) is 5.48. The first-order valence-electron chi connectivity index (χ1n) is 8.31. The van der Waals surface area contributed by atoms with Crippen LogP contribution in [0.25, 0.3) is 0 Å². The summed E-state index contributed by atoms with van der Waals surface area (Å²) >= 11 is 3.30. The molecule has 1 fully saturated rings. The van der Waals surface area contributed by atoms with Gasteiger partial charge in [-0.2, -0.15) is 0 Å². The van der Waals surface area contributed by atoms with Gasteiger partial charge in [-0.3, -0.25) is 0 Å². The highest BCUT2D eigenvalue weighted by molar-refractivity contribution is 9.10. The van der Waals surface area contributed by atoms with Crippen LogP contribution in [0.5, 0.6) is 0 Å². The molecule has 0 spiro atoms. The zero-order chi connectivity index (χ0) is 15.2. The third-order valence-electron chi connectivity index (χ3n) is 4.88. The Hall–Kier alpha value is -0.410. The Balaban J connectivity index is 2.05. The predicted octanol–water partition coefficient (Wildman–Crippen LogP) is 5.33. The number of rotatable bonds is 6. The Kier molecular flexibility index (Phi) is 6.69. The Bertz CT molecular complexity index is 449. The fourth-order valence-corrected chi connectivity index (χ4v) is 4.08. The number of hydrogen-bond donors (Lipinski definition) is 1. The number of likely N-dealkylation sites (N-methyl/N-ethyl adjacent to an activating group) is 1. The molecule has 3 unspecified atom stereocenters. The average Bonchev–Trinajstić information content (AvgIpc) is 2.50. The minimum atomic E-state index is -0.178. The summed E-state index contributed by atoms with van der Waals surface area (Å²) < 4.78 is 13.9. The summed E-state index contributed by atoms with van der Waals surface area (Å²) in [6.45, 7) is 5.49. The van der Waals surface area contributed by atoms with E-state index in [2.05, 4.69) is 35.1 Å². The van der Waals surface area contributed by atoms with E-state index >= 15 is 0 Å². The van der Waals surface area contributed by atoms with Crippen LogP contribution in [0.3, 0.4) is 0 Å². The van der Waals surface area contributed by atoms with Gasteiger partial charge in [0, 0.05) is 6.04 Å². The van der Waals surface area contributed by atoms with Gasteiger partial charge in [0.1, 0.15) is 5.82 Å². The van der Waals surface area contributed by atoms with Crippen molar-refractivity contribution in [1.82, 2.24) is 5.32 Å². The second-order valence-electron chi connectivity index (χ2n) is 6.32. The van der Waals surface area contributed by atoms with E-state index in [9.17, 15) is 4.39 Å². The molecular weight excluding hydrogens is 329 g/mol. The van der Waals surface area contributed by atoms with Gasteiger partial charge in [0.15, 0.2) is 0 Å². The molecule has 1 saturated carbocycles. The lowest BCUT2D eigenvalue weighted by Gasteiger charge is -2.35. The standard InChI is InChI=1S/C18H27BrFN/c1-3-13-6-5-7-15(10-13)18(21-4-2)12-14-8-9-17(20)16(19)11-14/h8-9,11,13,15,18,21H,3-7,10,12H2,1-2H3. The minimum Gasteiger partial charge on any atom is -0.314 e. The first kappa shape index (κ1) is 17.0. The van der Waals surface area contributed by atoms with E-state index in [0.717, 1.165) is 24.8 Å². The molecule has 0 bridgehead atoms. The molecule has 118 valence electrons. The highest BCUT2D eigenvalue weighted by Gasteiger charge is 2.27. The zero-order valence-electron chi connectivity index (χ0n) is 13.2. The summed E-state index contributed by atoms with van der Waals surface area (Å²) in [5.74, 6) is 1.47.